The van der Waals surface area contributed by atoms with Crippen LogP contribution in [0.15, 0.2) is 0 Å². The Hall–Kier alpha value is -0.730. The van der Waals surface area contributed by atoms with Gasteiger partial charge in [-0.25, -0.2) is 0 Å². The number of ether oxygens (including phenoxy) is 1. The first-order valence-corrected chi connectivity index (χ1v) is 8.24. The number of nitriles is 1. The second-order valence-corrected chi connectivity index (χ2v) is 6.34. The molecule has 0 aromatic rings. The number of esters is 1. The van der Waals surface area contributed by atoms with Crippen LogP contribution in [0, 0.1) is 11.3 Å². The van der Waals surface area contributed by atoms with Gasteiger partial charge in [-0.3, -0.25) is 0 Å². The van der Waals surface area contributed by atoms with Gasteiger partial charge in [0, 0.05) is 0 Å². The summed E-state index contributed by atoms with van der Waals surface area (Å²) in [5.41, 5.74) is 0. The zero-order chi connectivity index (χ0) is 14.0. The van der Waals surface area contributed by atoms with Gasteiger partial charge < -0.3 is 0 Å². The first kappa shape index (κ1) is 17.3. The van der Waals surface area contributed by atoms with Crippen molar-refractivity contribution in [2.75, 3.05) is 19.9 Å². The van der Waals surface area contributed by atoms with Gasteiger partial charge in [0.15, 0.2) is 0 Å². The van der Waals surface area contributed by atoms with Crippen LogP contribution in [0.1, 0.15) is 33.1 Å². The van der Waals surface area contributed by atoms with Crippen LogP contribution < -0.4 is 0 Å². The average molecular weight is 279 g/mol. The van der Waals surface area contributed by atoms with Gasteiger partial charge in [0.1, 0.15) is 0 Å². The van der Waals surface area contributed by atoms with Crippen molar-refractivity contribution in [3.8, 4) is 6.07 Å². The van der Waals surface area contributed by atoms with Gasteiger partial charge in [0.25, 0.3) is 0 Å². The number of carbonyl (C=O) groups is 1. The SMILES string of the molecule is CCCCO[PH](C)(O)OCCC(C#N)OC(C)=O. The predicted octanol–water partition coefficient (Wildman–Crippen LogP) is 1.78. The zero-order valence-electron chi connectivity index (χ0n) is 11.1. The summed E-state index contributed by atoms with van der Waals surface area (Å²) in [7, 11) is -3.11. The molecule has 0 aliphatic carbocycles. The Morgan fingerprint density at radius 1 is 1.44 bits per heavy atom. The number of nitrogens with zero attached hydrogens (tertiary/aromatic N) is 1. The van der Waals surface area contributed by atoms with Crippen LogP contribution in [0.3, 0.4) is 0 Å². The minimum atomic E-state index is -3.11. The second kappa shape index (κ2) is 9.23. The van der Waals surface area contributed by atoms with E-state index < -0.39 is 20.0 Å². The second-order valence-electron chi connectivity index (χ2n) is 3.96. The first-order valence-electron chi connectivity index (χ1n) is 5.98. The fraction of sp³-hybridized carbons (Fsp3) is 0.818. The van der Waals surface area contributed by atoms with Crippen LogP contribution in [0.5, 0.6) is 0 Å². The molecule has 0 fully saturated rings. The number of carbonyl (C=O) groups excluding carboxylic acids is 1. The Balaban J connectivity index is 3.86. The molecule has 0 aliphatic rings. The van der Waals surface area contributed by atoms with Crippen molar-refractivity contribution in [2.45, 2.75) is 39.2 Å². The molecule has 0 heterocycles. The van der Waals surface area contributed by atoms with Crippen molar-refractivity contribution in [1.82, 2.24) is 0 Å². The molecule has 0 spiro atoms. The molecule has 0 bridgehead atoms. The number of unbranched alkanes of at least 4 members (excludes halogenated alkanes) is 1. The van der Waals surface area contributed by atoms with Gasteiger partial charge in [0.2, 0.25) is 0 Å². The molecule has 18 heavy (non-hydrogen) atoms. The van der Waals surface area contributed by atoms with Crippen molar-refractivity contribution in [3.05, 3.63) is 0 Å². The van der Waals surface area contributed by atoms with E-state index in [1.807, 2.05) is 13.0 Å². The van der Waals surface area contributed by atoms with Crippen LogP contribution in [-0.2, 0) is 18.6 Å². The van der Waals surface area contributed by atoms with Gasteiger partial charge in [0.05, 0.1) is 0 Å². The monoisotopic (exact) mass is 279 g/mol. The van der Waals surface area contributed by atoms with E-state index in [4.69, 9.17) is 19.0 Å². The molecule has 0 amide bonds. The summed E-state index contributed by atoms with van der Waals surface area (Å²) < 4.78 is 15.2. The van der Waals surface area contributed by atoms with Crippen molar-refractivity contribution >= 4 is 13.9 Å². The predicted molar refractivity (Wildman–Crippen MR) is 69.1 cm³/mol. The van der Waals surface area contributed by atoms with Gasteiger partial charge >= 0.3 is 108 Å². The molecule has 0 aliphatic heterocycles. The molecule has 0 saturated heterocycles. The van der Waals surface area contributed by atoms with E-state index in [-0.39, 0.29) is 13.0 Å². The standard InChI is InChI=1S/C11H22NO5P/c1-4-5-7-15-18(3,14)16-8-6-11(9-12)17-10(2)13/h11,14,18H,4-8H2,1-3H3. The Morgan fingerprint density at radius 3 is 2.56 bits per heavy atom. The summed E-state index contributed by atoms with van der Waals surface area (Å²) in [4.78, 5) is 20.5. The quantitative estimate of drug-likeness (QED) is 0.393. The fourth-order valence-corrected chi connectivity index (χ4v) is 2.26. The third-order valence-corrected chi connectivity index (χ3v) is 3.55. The summed E-state index contributed by atoms with van der Waals surface area (Å²) in [5.74, 6) is -0.509. The summed E-state index contributed by atoms with van der Waals surface area (Å²) in [6.45, 7) is 5.37. The molecule has 0 aromatic heterocycles. The topological polar surface area (TPSA) is 88.8 Å². The molecule has 0 aromatic carbocycles. The molecule has 1 N–H and O–H groups in total. The van der Waals surface area contributed by atoms with Crippen LogP contribution >= 0.6 is 7.94 Å². The van der Waals surface area contributed by atoms with Crippen LogP contribution in [-0.4, -0.2) is 36.8 Å². The molecular formula is C11H22NO5P. The summed E-state index contributed by atoms with van der Waals surface area (Å²) in [6, 6.07) is 1.84. The Bertz CT molecular complexity index is 290. The fourth-order valence-electron chi connectivity index (χ4n) is 1.15. The van der Waals surface area contributed by atoms with Crippen molar-refractivity contribution < 1.29 is 23.5 Å². The van der Waals surface area contributed by atoms with Gasteiger partial charge in [-0.2, -0.15) is 0 Å². The summed E-state index contributed by atoms with van der Waals surface area (Å²) in [5, 5.41) is 8.71. The maximum absolute atomic E-state index is 10.7. The number of hydrogen-bond acceptors (Lipinski definition) is 6. The van der Waals surface area contributed by atoms with Gasteiger partial charge in [-0.05, 0) is 0 Å². The van der Waals surface area contributed by atoms with E-state index in [9.17, 15) is 9.69 Å². The summed E-state index contributed by atoms with van der Waals surface area (Å²) in [6.07, 6.45) is 1.22. The van der Waals surface area contributed by atoms with E-state index in [2.05, 4.69) is 0 Å². The van der Waals surface area contributed by atoms with Crippen LogP contribution in [0.2, 0.25) is 0 Å². The molecule has 7 heteroatoms. The van der Waals surface area contributed by atoms with Crippen molar-refractivity contribution in [1.29, 1.82) is 5.26 Å². The summed E-state index contributed by atoms with van der Waals surface area (Å²) >= 11 is 0. The normalized spacial score (nSPS) is 13.7. The van der Waals surface area contributed by atoms with Crippen LogP contribution in [0.25, 0.3) is 0 Å². The molecule has 0 saturated carbocycles. The molecule has 6 nitrogen and oxygen atoms in total. The van der Waals surface area contributed by atoms with E-state index in [0.717, 1.165) is 12.8 Å². The molecule has 1 unspecified atom stereocenters. The molecular weight excluding hydrogens is 257 g/mol. The minimum absolute atomic E-state index is 0.122. The molecule has 0 radical (unpaired) electrons. The maximum atomic E-state index is 10.7. The van der Waals surface area contributed by atoms with Gasteiger partial charge in [-0.15, -0.1) is 0 Å². The van der Waals surface area contributed by atoms with E-state index >= 15 is 0 Å². The van der Waals surface area contributed by atoms with E-state index in [1.165, 1.54) is 13.6 Å². The Labute approximate surface area is 108 Å². The number of hydrogen-bond donors (Lipinski definition) is 1. The number of rotatable bonds is 9. The Kier molecular flexibility index (Phi) is 8.86. The van der Waals surface area contributed by atoms with E-state index in [1.54, 1.807) is 0 Å². The van der Waals surface area contributed by atoms with Crippen LogP contribution in [0.4, 0.5) is 0 Å². The first-order chi connectivity index (χ1) is 8.41. The van der Waals surface area contributed by atoms with E-state index in [0.29, 0.717) is 6.61 Å². The third kappa shape index (κ3) is 9.32. The molecule has 106 valence electrons. The average Bonchev–Trinajstić information content (AvgIpc) is 2.27. The Morgan fingerprint density at radius 2 is 2.06 bits per heavy atom. The third-order valence-electron chi connectivity index (χ3n) is 2.07. The van der Waals surface area contributed by atoms with Gasteiger partial charge in [-0.1, -0.05) is 0 Å². The molecule has 1 atom stereocenters. The van der Waals surface area contributed by atoms with Crippen molar-refractivity contribution in [3.63, 3.8) is 0 Å². The zero-order valence-corrected chi connectivity index (χ0v) is 12.1. The molecule has 0 rings (SSSR count). The van der Waals surface area contributed by atoms with Crippen molar-refractivity contribution in [2.24, 2.45) is 0 Å².